The van der Waals surface area contributed by atoms with Gasteiger partial charge >= 0.3 is 0 Å². The van der Waals surface area contributed by atoms with Gasteiger partial charge in [-0.25, -0.2) is 14.8 Å². The Labute approximate surface area is 169 Å². The Balaban J connectivity index is 1.60. The lowest BCUT2D eigenvalue weighted by molar-refractivity contribution is -0.898. The van der Waals surface area contributed by atoms with Crippen molar-refractivity contribution >= 4 is 28.6 Å². The number of hydrogen-bond donors (Lipinski definition) is 2. The van der Waals surface area contributed by atoms with Crippen molar-refractivity contribution in [2.45, 2.75) is 27.2 Å². The molecule has 1 aliphatic heterocycles. The second-order valence-corrected chi connectivity index (χ2v) is 7.99. The molecule has 1 saturated heterocycles. The molecule has 0 aliphatic carbocycles. The van der Waals surface area contributed by atoms with Crippen LogP contribution in [0, 0.1) is 12.7 Å². The number of hydrogen-bond acceptors (Lipinski definition) is 5. The average Bonchev–Trinajstić information content (AvgIpc) is 3.10. The van der Waals surface area contributed by atoms with Crippen molar-refractivity contribution < 1.29 is 14.1 Å². The van der Waals surface area contributed by atoms with Crippen LogP contribution in [0.25, 0.3) is 0 Å². The monoisotopic (exact) mass is 404 g/mol. The summed E-state index contributed by atoms with van der Waals surface area (Å²) in [5.41, 5.74) is 5.29. The molecule has 2 aromatic rings. The third kappa shape index (κ3) is 5.14. The summed E-state index contributed by atoms with van der Waals surface area (Å²) in [6.45, 7) is 10.7. The number of hydrazone groups is 1. The highest BCUT2D eigenvalue weighted by Crippen LogP contribution is 2.21. The summed E-state index contributed by atoms with van der Waals surface area (Å²) in [5, 5.41) is 6.77. The van der Waals surface area contributed by atoms with Crippen molar-refractivity contribution in [3.05, 3.63) is 45.7 Å². The van der Waals surface area contributed by atoms with E-state index in [1.165, 1.54) is 17.4 Å². The molecule has 0 bridgehead atoms. The topological polar surface area (TPSA) is 62.0 Å². The van der Waals surface area contributed by atoms with Crippen molar-refractivity contribution in [2.24, 2.45) is 5.10 Å². The molecular weight excluding hydrogens is 377 g/mol. The Bertz CT molecular complexity index is 858. The minimum absolute atomic E-state index is 0.189. The first kappa shape index (κ1) is 20.4. The highest BCUT2D eigenvalue weighted by Gasteiger charge is 2.21. The maximum atomic E-state index is 14.7. The van der Waals surface area contributed by atoms with Gasteiger partial charge in [-0.2, -0.15) is 5.10 Å². The number of amides is 1. The van der Waals surface area contributed by atoms with Gasteiger partial charge in [0.1, 0.15) is 10.8 Å². The van der Waals surface area contributed by atoms with Crippen molar-refractivity contribution in [1.29, 1.82) is 0 Å². The predicted octanol–water partition coefficient (Wildman–Crippen LogP) is 1.40. The van der Waals surface area contributed by atoms with Gasteiger partial charge in [0.2, 0.25) is 5.91 Å². The largest absolute Gasteiger partial charge is 0.358 e. The van der Waals surface area contributed by atoms with Gasteiger partial charge in [-0.1, -0.05) is 6.07 Å². The third-order valence-electron chi connectivity index (χ3n) is 5.00. The zero-order chi connectivity index (χ0) is 20.1. The Morgan fingerprint density at radius 1 is 1.39 bits per heavy atom. The fourth-order valence-corrected chi connectivity index (χ4v) is 4.05. The zero-order valence-corrected chi connectivity index (χ0v) is 17.4. The maximum Gasteiger partial charge on any atom is 0.246 e. The molecule has 1 aromatic heterocycles. The van der Waals surface area contributed by atoms with E-state index in [0.717, 1.165) is 43.4 Å². The highest BCUT2D eigenvalue weighted by atomic mass is 32.1. The van der Waals surface area contributed by atoms with Crippen LogP contribution >= 0.6 is 11.3 Å². The lowest BCUT2D eigenvalue weighted by Gasteiger charge is -2.33. The van der Waals surface area contributed by atoms with E-state index in [-0.39, 0.29) is 18.1 Å². The third-order valence-corrected chi connectivity index (χ3v) is 5.97. The minimum atomic E-state index is -0.253. The van der Waals surface area contributed by atoms with Crippen molar-refractivity contribution in [3.63, 3.8) is 0 Å². The van der Waals surface area contributed by atoms with Crippen molar-refractivity contribution in [1.82, 2.24) is 10.4 Å². The fourth-order valence-electron chi connectivity index (χ4n) is 3.28. The second-order valence-electron chi connectivity index (χ2n) is 7.05. The number of nitrogens with zero attached hydrogens (tertiary/aromatic N) is 3. The number of aromatic nitrogens is 1. The first-order valence-electron chi connectivity index (χ1n) is 9.59. The van der Waals surface area contributed by atoms with Crippen LogP contribution in [0.15, 0.2) is 28.7 Å². The van der Waals surface area contributed by atoms with Crippen LogP contribution in [-0.2, 0) is 11.2 Å². The standard InChI is InChI=1S/C20H26FN5OS/c1-4-25-7-9-26(10-8-25)18-6-5-16(11-17(18)21)15(3)23-24-19(27)12-20-22-14(2)13-28-20/h5-6,11,13H,4,7-10,12H2,1-3H3,(H,24,27)/p+1/b23-15-. The summed E-state index contributed by atoms with van der Waals surface area (Å²) in [4.78, 5) is 19.9. The van der Waals surface area contributed by atoms with Crippen LogP contribution < -0.4 is 15.2 Å². The molecule has 8 heteroatoms. The van der Waals surface area contributed by atoms with Gasteiger partial charge in [0.25, 0.3) is 0 Å². The van der Waals surface area contributed by atoms with Crippen molar-refractivity contribution in [3.8, 4) is 0 Å². The number of carbonyl (C=O) groups is 1. The molecule has 6 nitrogen and oxygen atoms in total. The summed E-state index contributed by atoms with van der Waals surface area (Å²) in [7, 11) is 0. The minimum Gasteiger partial charge on any atom is -0.358 e. The van der Waals surface area contributed by atoms with Gasteiger partial charge in [0, 0.05) is 16.6 Å². The maximum absolute atomic E-state index is 14.7. The number of carbonyl (C=O) groups excluding carboxylic acids is 1. The Morgan fingerprint density at radius 2 is 2.14 bits per heavy atom. The van der Waals surface area contributed by atoms with E-state index in [4.69, 9.17) is 0 Å². The van der Waals surface area contributed by atoms with Crippen LogP contribution in [0.1, 0.15) is 30.1 Å². The summed E-state index contributed by atoms with van der Waals surface area (Å²) in [5.74, 6) is -0.487. The molecule has 2 N–H and O–H groups in total. The quantitative estimate of drug-likeness (QED) is 0.565. The number of quaternary nitrogens is 1. The molecule has 0 radical (unpaired) electrons. The first-order valence-corrected chi connectivity index (χ1v) is 10.5. The van der Waals surface area contributed by atoms with E-state index in [2.05, 4.69) is 27.3 Å². The van der Waals surface area contributed by atoms with E-state index in [1.54, 1.807) is 17.9 Å². The molecule has 3 rings (SSSR count). The molecule has 1 amide bonds. The van der Waals surface area contributed by atoms with Gasteiger partial charge < -0.3 is 9.80 Å². The number of nitrogens with one attached hydrogen (secondary N) is 2. The normalized spacial score (nSPS) is 15.7. The Morgan fingerprint density at radius 3 is 2.75 bits per heavy atom. The summed E-state index contributed by atoms with van der Waals surface area (Å²) in [6, 6.07) is 5.15. The number of thiazole rings is 1. The van der Waals surface area contributed by atoms with Gasteiger partial charge in [-0.3, -0.25) is 4.79 Å². The summed E-state index contributed by atoms with van der Waals surface area (Å²) in [6.07, 6.45) is 0.189. The average molecular weight is 405 g/mol. The van der Waals surface area contributed by atoms with Crippen LogP contribution in [0.2, 0.25) is 0 Å². The Hall–Kier alpha value is -2.32. The Kier molecular flexibility index (Phi) is 6.74. The number of benzene rings is 1. The number of halogens is 1. The predicted molar refractivity (Wildman–Crippen MR) is 111 cm³/mol. The molecule has 1 fully saturated rings. The summed E-state index contributed by atoms with van der Waals surface area (Å²) >= 11 is 1.45. The summed E-state index contributed by atoms with van der Waals surface area (Å²) < 4.78 is 14.7. The molecule has 0 spiro atoms. The lowest BCUT2D eigenvalue weighted by Crippen LogP contribution is -3.14. The van der Waals surface area contributed by atoms with Crippen LogP contribution in [0.5, 0.6) is 0 Å². The van der Waals surface area contributed by atoms with Crippen LogP contribution in [0.3, 0.4) is 0 Å². The molecule has 28 heavy (non-hydrogen) atoms. The number of rotatable bonds is 6. The zero-order valence-electron chi connectivity index (χ0n) is 16.6. The molecular formula is C20H27FN5OS+. The number of anilines is 1. The molecule has 0 unspecified atom stereocenters. The highest BCUT2D eigenvalue weighted by molar-refractivity contribution is 7.09. The molecule has 1 aliphatic rings. The van der Waals surface area contributed by atoms with E-state index in [9.17, 15) is 9.18 Å². The lowest BCUT2D eigenvalue weighted by atomic mass is 10.1. The molecule has 0 saturated carbocycles. The molecule has 2 heterocycles. The van der Waals surface area contributed by atoms with E-state index < -0.39 is 0 Å². The van der Waals surface area contributed by atoms with Gasteiger partial charge in [0.05, 0.1) is 50.5 Å². The molecule has 0 atom stereocenters. The number of likely N-dealkylation sites (N-methyl/N-ethyl adjacent to an activating group) is 1. The smallest absolute Gasteiger partial charge is 0.246 e. The van der Waals surface area contributed by atoms with E-state index in [1.807, 2.05) is 18.4 Å². The molecule has 150 valence electrons. The van der Waals surface area contributed by atoms with Gasteiger partial charge in [0.15, 0.2) is 0 Å². The van der Waals surface area contributed by atoms with Crippen LogP contribution in [-0.4, -0.2) is 49.3 Å². The van der Waals surface area contributed by atoms with E-state index >= 15 is 0 Å². The van der Waals surface area contributed by atoms with Crippen LogP contribution in [0.4, 0.5) is 10.1 Å². The SMILES string of the molecule is CC[NH+]1CCN(c2ccc(/C(C)=N\NC(=O)Cc3nc(C)cs3)cc2F)CC1. The number of aryl methyl sites for hydroxylation is 1. The van der Waals surface area contributed by atoms with E-state index in [0.29, 0.717) is 17.0 Å². The van der Waals surface area contributed by atoms with Crippen molar-refractivity contribution in [2.75, 3.05) is 37.6 Å². The molecule has 1 aromatic carbocycles. The number of piperazine rings is 1. The van der Waals surface area contributed by atoms with Gasteiger partial charge in [-0.05, 0) is 32.9 Å². The first-order chi connectivity index (χ1) is 13.5. The fraction of sp³-hybridized carbons (Fsp3) is 0.450. The van der Waals surface area contributed by atoms with Gasteiger partial charge in [-0.15, -0.1) is 11.3 Å². The second kappa shape index (κ2) is 9.25.